The number of rotatable bonds is 8. The zero-order chi connectivity index (χ0) is 14.9. The molecule has 0 saturated heterocycles. The Balaban J connectivity index is 1.77. The molecule has 1 amide bonds. The van der Waals surface area contributed by atoms with Crippen LogP contribution in [0.15, 0.2) is 35.7 Å². The van der Waals surface area contributed by atoms with Gasteiger partial charge in [0.1, 0.15) is 0 Å². The van der Waals surface area contributed by atoms with E-state index in [0.29, 0.717) is 26.0 Å². The molecule has 1 aromatic carbocycles. The molecule has 2 rings (SSSR count). The van der Waals surface area contributed by atoms with Gasteiger partial charge in [0.25, 0.3) is 0 Å². The summed E-state index contributed by atoms with van der Waals surface area (Å²) >= 11 is 1.61. The second-order valence-corrected chi connectivity index (χ2v) is 5.63. The number of nitrogens with one attached hydrogen (secondary N) is 1. The number of thiazole rings is 1. The molecule has 1 heterocycles. The lowest BCUT2D eigenvalue weighted by Gasteiger charge is -2.03. The highest BCUT2D eigenvalue weighted by atomic mass is 32.1. The van der Waals surface area contributed by atoms with E-state index in [4.69, 9.17) is 4.74 Å². The Hall–Kier alpha value is -1.72. The fourth-order valence-corrected chi connectivity index (χ4v) is 2.73. The SMILES string of the molecule is COCCCNC(=O)CCc1nc(-c2ccccc2)cs1. The molecule has 1 aromatic heterocycles. The predicted octanol–water partition coefficient (Wildman–Crippen LogP) is 2.90. The molecule has 4 nitrogen and oxygen atoms in total. The first-order valence-electron chi connectivity index (χ1n) is 7.05. The van der Waals surface area contributed by atoms with E-state index in [1.807, 2.05) is 35.7 Å². The van der Waals surface area contributed by atoms with E-state index >= 15 is 0 Å². The van der Waals surface area contributed by atoms with Gasteiger partial charge in [-0.1, -0.05) is 30.3 Å². The van der Waals surface area contributed by atoms with Gasteiger partial charge in [-0.05, 0) is 6.42 Å². The molecule has 0 aliphatic heterocycles. The molecule has 1 N–H and O–H groups in total. The highest BCUT2D eigenvalue weighted by molar-refractivity contribution is 7.09. The maximum Gasteiger partial charge on any atom is 0.220 e. The fourth-order valence-electron chi connectivity index (χ4n) is 1.92. The molecule has 0 fully saturated rings. The number of aromatic nitrogens is 1. The normalized spacial score (nSPS) is 10.5. The zero-order valence-corrected chi connectivity index (χ0v) is 13.0. The van der Waals surface area contributed by atoms with Crippen LogP contribution in [0.25, 0.3) is 11.3 Å². The molecule has 5 heteroatoms. The van der Waals surface area contributed by atoms with Crippen LogP contribution >= 0.6 is 11.3 Å². The van der Waals surface area contributed by atoms with E-state index in [1.54, 1.807) is 18.4 Å². The molecule has 21 heavy (non-hydrogen) atoms. The highest BCUT2D eigenvalue weighted by Crippen LogP contribution is 2.22. The van der Waals surface area contributed by atoms with E-state index in [2.05, 4.69) is 10.3 Å². The lowest BCUT2D eigenvalue weighted by atomic mass is 10.2. The number of nitrogens with zero attached hydrogens (tertiary/aromatic N) is 1. The molecule has 0 atom stereocenters. The van der Waals surface area contributed by atoms with Crippen LogP contribution in [-0.4, -0.2) is 31.2 Å². The lowest BCUT2D eigenvalue weighted by Crippen LogP contribution is -2.25. The van der Waals surface area contributed by atoms with E-state index in [-0.39, 0.29) is 5.91 Å². The Morgan fingerprint density at radius 2 is 2.14 bits per heavy atom. The van der Waals surface area contributed by atoms with E-state index in [9.17, 15) is 4.79 Å². The maximum absolute atomic E-state index is 11.7. The summed E-state index contributed by atoms with van der Waals surface area (Å²) in [5.41, 5.74) is 2.10. The molecule has 0 saturated carbocycles. The van der Waals surface area contributed by atoms with Gasteiger partial charge in [-0.25, -0.2) is 4.98 Å². The number of carbonyl (C=O) groups is 1. The molecule has 2 aromatic rings. The van der Waals surface area contributed by atoms with Crippen LogP contribution in [0.5, 0.6) is 0 Å². The smallest absolute Gasteiger partial charge is 0.220 e. The lowest BCUT2D eigenvalue weighted by molar-refractivity contribution is -0.121. The topological polar surface area (TPSA) is 51.2 Å². The molecule has 0 radical (unpaired) electrons. The van der Waals surface area contributed by atoms with Gasteiger partial charge < -0.3 is 10.1 Å². The summed E-state index contributed by atoms with van der Waals surface area (Å²) in [6.07, 6.45) is 2.01. The minimum absolute atomic E-state index is 0.0718. The van der Waals surface area contributed by atoms with Gasteiger partial charge in [0, 0.05) is 44.0 Å². The molecular formula is C16H20N2O2S. The van der Waals surface area contributed by atoms with E-state index < -0.39 is 0 Å². The monoisotopic (exact) mass is 304 g/mol. The summed E-state index contributed by atoms with van der Waals surface area (Å²) in [6.45, 7) is 1.34. The highest BCUT2D eigenvalue weighted by Gasteiger charge is 2.07. The van der Waals surface area contributed by atoms with Crippen LogP contribution in [-0.2, 0) is 16.0 Å². The van der Waals surface area contributed by atoms with Crippen molar-refractivity contribution in [2.45, 2.75) is 19.3 Å². The minimum Gasteiger partial charge on any atom is -0.385 e. The number of carbonyl (C=O) groups excluding carboxylic acids is 1. The average molecular weight is 304 g/mol. The van der Waals surface area contributed by atoms with Gasteiger partial charge in [-0.15, -0.1) is 11.3 Å². The molecule has 0 spiro atoms. The van der Waals surface area contributed by atoms with Crippen molar-refractivity contribution in [1.82, 2.24) is 10.3 Å². The molecule has 0 aliphatic carbocycles. The predicted molar refractivity (Wildman–Crippen MR) is 85.4 cm³/mol. The number of benzene rings is 1. The number of methoxy groups -OCH3 is 1. The third kappa shape index (κ3) is 5.28. The average Bonchev–Trinajstić information content (AvgIpc) is 2.99. The van der Waals surface area contributed by atoms with Gasteiger partial charge in [0.05, 0.1) is 10.7 Å². The molecule has 112 valence electrons. The Kier molecular flexibility index (Phi) is 6.37. The summed E-state index contributed by atoms with van der Waals surface area (Å²) in [5, 5.41) is 5.93. The second kappa shape index (κ2) is 8.54. The fraction of sp³-hybridized carbons (Fsp3) is 0.375. The first kappa shape index (κ1) is 15.7. The molecule has 0 aliphatic rings. The number of ether oxygens (including phenoxy) is 1. The van der Waals surface area contributed by atoms with E-state index in [0.717, 1.165) is 22.7 Å². The Labute approximate surface area is 129 Å². The van der Waals surface area contributed by atoms with Crippen LogP contribution < -0.4 is 5.32 Å². The Morgan fingerprint density at radius 1 is 1.33 bits per heavy atom. The van der Waals surface area contributed by atoms with Crippen molar-refractivity contribution in [2.75, 3.05) is 20.3 Å². The van der Waals surface area contributed by atoms with Gasteiger partial charge in [0.2, 0.25) is 5.91 Å². The van der Waals surface area contributed by atoms with Crippen molar-refractivity contribution in [3.05, 3.63) is 40.7 Å². The third-order valence-corrected chi connectivity index (χ3v) is 3.94. The standard InChI is InChI=1S/C16H20N2O2S/c1-20-11-5-10-17-15(19)8-9-16-18-14(12-21-16)13-6-3-2-4-7-13/h2-4,6-7,12H,5,8-11H2,1H3,(H,17,19). The Bertz CT molecular complexity index is 554. The quantitative estimate of drug-likeness (QED) is 0.763. The summed E-state index contributed by atoms with van der Waals surface area (Å²) < 4.78 is 4.94. The summed E-state index contributed by atoms with van der Waals surface area (Å²) in [5.74, 6) is 0.0718. The number of hydrogen-bond donors (Lipinski definition) is 1. The summed E-state index contributed by atoms with van der Waals surface area (Å²) in [6, 6.07) is 10.1. The van der Waals surface area contributed by atoms with Crippen LogP contribution in [0.2, 0.25) is 0 Å². The minimum atomic E-state index is 0.0718. The van der Waals surface area contributed by atoms with Crippen molar-refractivity contribution >= 4 is 17.2 Å². The molecule has 0 unspecified atom stereocenters. The van der Waals surface area contributed by atoms with Gasteiger partial charge in [0.15, 0.2) is 0 Å². The first-order valence-corrected chi connectivity index (χ1v) is 7.93. The number of amides is 1. The second-order valence-electron chi connectivity index (χ2n) is 4.69. The van der Waals surface area contributed by atoms with Gasteiger partial charge in [-0.3, -0.25) is 4.79 Å². The van der Waals surface area contributed by atoms with Crippen LogP contribution in [0.3, 0.4) is 0 Å². The van der Waals surface area contributed by atoms with Gasteiger partial charge >= 0.3 is 0 Å². The van der Waals surface area contributed by atoms with Crippen LogP contribution in [0, 0.1) is 0 Å². The third-order valence-electron chi connectivity index (χ3n) is 3.03. The summed E-state index contributed by atoms with van der Waals surface area (Å²) in [4.78, 5) is 16.3. The van der Waals surface area contributed by atoms with Crippen LogP contribution in [0.1, 0.15) is 17.8 Å². The van der Waals surface area contributed by atoms with Crippen molar-refractivity contribution in [3.63, 3.8) is 0 Å². The van der Waals surface area contributed by atoms with Crippen molar-refractivity contribution < 1.29 is 9.53 Å². The molecular weight excluding hydrogens is 284 g/mol. The maximum atomic E-state index is 11.7. The summed E-state index contributed by atoms with van der Waals surface area (Å²) in [7, 11) is 1.66. The Morgan fingerprint density at radius 3 is 2.90 bits per heavy atom. The largest absolute Gasteiger partial charge is 0.385 e. The van der Waals surface area contributed by atoms with Gasteiger partial charge in [-0.2, -0.15) is 0 Å². The van der Waals surface area contributed by atoms with Crippen molar-refractivity contribution in [3.8, 4) is 11.3 Å². The van der Waals surface area contributed by atoms with Crippen LogP contribution in [0.4, 0.5) is 0 Å². The number of hydrogen-bond acceptors (Lipinski definition) is 4. The van der Waals surface area contributed by atoms with Crippen molar-refractivity contribution in [2.24, 2.45) is 0 Å². The van der Waals surface area contributed by atoms with Crippen molar-refractivity contribution in [1.29, 1.82) is 0 Å². The van der Waals surface area contributed by atoms with E-state index in [1.165, 1.54) is 0 Å². The zero-order valence-electron chi connectivity index (χ0n) is 12.2. The number of aryl methyl sites for hydroxylation is 1. The first-order chi connectivity index (χ1) is 10.3. The molecule has 0 bridgehead atoms.